The van der Waals surface area contributed by atoms with Crippen LogP contribution < -0.4 is 33.7 Å². The molecule has 0 aliphatic heterocycles. The Bertz CT molecular complexity index is 639. The molecule has 2 aromatic rings. The molecule has 0 saturated carbocycles. The third kappa shape index (κ3) is 5.07. The zero-order chi connectivity index (χ0) is 13.2. The van der Waals surface area contributed by atoms with Crippen LogP contribution in [0.4, 0.5) is 0 Å². The van der Waals surface area contributed by atoms with Crippen molar-refractivity contribution < 1.29 is 46.7 Å². The van der Waals surface area contributed by atoms with Crippen molar-refractivity contribution in [1.29, 1.82) is 0 Å². The molecule has 0 spiro atoms. The molecule has 19 heavy (non-hydrogen) atoms. The molecule has 1 aromatic carbocycles. The Morgan fingerprint density at radius 1 is 1.32 bits per heavy atom. The van der Waals surface area contributed by atoms with Gasteiger partial charge < -0.3 is 8.74 Å². The van der Waals surface area contributed by atoms with Crippen molar-refractivity contribution in [2.24, 2.45) is 0 Å². The summed E-state index contributed by atoms with van der Waals surface area (Å²) in [7, 11) is -4.72. The number of hydrogen-bond donors (Lipinski definition) is 0. The number of benzene rings is 1. The predicted molar refractivity (Wildman–Crippen MR) is 69.7 cm³/mol. The minimum atomic E-state index is -4.72. The molecule has 0 atom stereocenters. The van der Waals surface area contributed by atoms with E-state index in [1.54, 1.807) is 30.1 Å². The van der Waals surface area contributed by atoms with E-state index in [1.807, 2.05) is 6.26 Å². The number of thioether (sulfide) groups is 1. The van der Waals surface area contributed by atoms with Crippen LogP contribution in [0, 0.1) is 0 Å². The van der Waals surface area contributed by atoms with E-state index in [-0.39, 0.29) is 35.3 Å². The van der Waals surface area contributed by atoms with Gasteiger partial charge in [0.05, 0.1) is 4.88 Å². The fourth-order valence-corrected chi connectivity index (χ4v) is 3.04. The first-order valence-electron chi connectivity index (χ1n) is 4.73. The van der Waals surface area contributed by atoms with Crippen molar-refractivity contribution >= 4 is 33.5 Å². The second-order valence-corrected chi connectivity index (χ2v) is 6.28. The molecule has 0 N–H and O–H groups in total. The summed E-state index contributed by atoms with van der Waals surface area (Å²) in [6.07, 6.45) is 3.69. The van der Waals surface area contributed by atoms with Crippen LogP contribution in [0.1, 0.15) is 0 Å². The fourth-order valence-electron chi connectivity index (χ4n) is 1.28. The van der Waals surface area contributed by atoms with Crippen molar-refractivity contribution in [3.8, 4) is 16.2 Å². The molecule has 2 rings (SSSR count). The Hall–Kier alpha value is -0.0900. The summed E-state index contributed by atoms with van der Waals surface area (Å²) >= 11 is 3.09. The number of rotatable bonds is 4. The molecule has 0 aliphatic rings. The van der Waals surface area contributed by atoms with E-state index in [0.29, 0.717) is 0 Å². The Morgan fingerprint density at radius 2 is 1.95 bits per heavy atom. The van der Waals surface area contributed by atoms with Gasteiger partial charge in [-0.2, -0.15) is 0 Å². The molecule has 9 heteroatoms. The molecular formula is C10H8NNaO4S3. The van der Waals surface area contributed by atoms with Crippen molar-refractivity contribution in [1.82, 2.24) is 4.98 Å². The van der Waals surface area contributed by atoms with Crippen LogP contribution in [0.25, 0.3) is 10.4 Å². The third-order valence-electron chi connectivity index (χ3n) is 2.00. The molecule has 0 unspecified atom stereocenters. The summed E-state index contributed by atoms with van der Waals surface area (Å²) in [6.45, 7) is 0. The number of hydrogen-bond acceptors (Lipinski definition) is 7. The molecule has 0 fully saturated rings. The number of nitrogens with zero attached hydrogens (tertiary/aromatic N) is 1. The van der Waals surface area contributed by atoms with Crippen LogP contribution in [-0.2, 0) is 10.4 Å². The van der Waals surface area contributed by atoms with Crippen LogP contribution in [0.15, 0.2) is 34.8 Å². The minimum absolute atomic E-state index is 0. The van der Waals surface area contributed by atoms with Gasteiger partial charge in [-0.1, -0.05) is 11.8 Å². The molecule has 0 bridgehead atoms. The molecule has 0 aliphatic carbocycles. The Balaban J connectivity index is 0.00000180. The average Bonchev–Trinajstić information content (AvgIpc) is 2.76. The van der Waals surface area contributed by atoms with Crippen LogP contribution in [-0.4, -0.2) is 24.2 Å². The summed E-state index contributed by atoms with van der Waals surface area (Å²) in [5.41, 5.74) is 0.892. The average molecular weight is 325 g/mol. The van der Waals surface area contributed by atoms with Crippen molar-refractivity contribution in [2.45, 2.75) is 4.34 Å². The van der Waals surface area contributed by atoms with Crippen LogP contribution in [0.3, 0.4) is 0 Å². The number of thiazole rings is 1. The fraction of sp³-hybridized carbons (Fsp3) is 0.100. The molecule has 0 saturated heterocycles. The zero-order valence-corrected chi connectivity index (χ0v) is 14.6. The SMILES string of the molecule is CSc1ncc(-c2ccc(OS(=O)(=O)[O-])cc2)s1.[Na+]. The van der Waals surface area contributed by atoms with Crippen LogP contribution in [0.2, 0.25) is 0 Å². The minimum Gasteiger partial charge on any atom is -0.716 e. The third-order valence-corrected chi connectivity index (χ3v) is 4.44. The normalized spacial score (nSPS) is 10.8. The quantitative estimate of drug-likeness (QED) is 0.322. The van der Waals surface area contributed by atoms with Crippen molar-refractivity contribution in [3.63, 3.8) is 0 Å². The Morgan fingerprint density at radius 3 is 2.42 bits per heavy atom. The summed E-state index contributed by atoms with van der Waals surface area (Å²) in [4.78, 5) is 5.17. The zero-order valence-electron chi connectivity index (χ0n) is 10.2. The second-order valence-electron chi connectivity index (χ2n) is 3.21. The van der Waals surface area contributed by atoms with Gasteiger partial charge in [0.1, 0.15) is 10.1 Å². The van der Waals surface area contributed by atoms with E-state index < -0.39 is 10.4 Å². The van der Waals surface area contributed by atoms with E-state index in [0.717, 1.165) is 14.8 Å². The summed E-state index contributed by atoms with van der Waals surface area (Å²) in [6, 6.07) is 6.22. The van der Waals surface area contributed by atoms with E-state index in [4.69, 9.17) is 0 Å². The molecule has 96 valence electrons. The Kier molecular flexibility index (Phi) is 6.31. The summed E-state index contributed by atoms with van der Waals surface area (Å²) < 4.78 is 36.4. The number of aromatic nitrogens is 1. The van der Waals surface area contributed by atoms with Gasteiger partial charge in [-0.15, -0.1) is 11.3 Å². The molecule has 0 amide bonds. The topological polar surface area (TPSA) is 79.3 Å². The van der Waals surface area contributed by atoms with Crippen molar-refractivity contribution in [3.05, 3.63) is 30.5 Å². The van der Waals surface area contributed by atoms with Gasteiger partial charge in [-0.05, 0) is 36.1 Å². The predicted octanol–water partition coefficient (Wildman–Crippen LogP) is -0.625. The maximum absolute atomic E-state index is 10.4. The monoisotopic (exact) mass is 325 g/mol. The van der Waals surface area contributed by atoms with Gasteiger partial charge in [-0.25, -0.2) is 13.4 Å². The molecular weight excluding hydrogens is 317 g/mol. The first-order chi connectivity index (χ1) is 8.48. The molecule has 1 heterocycles. The summed E-state index contributed by atoms with van der Waals surface area (Å²) in [5, 5.41) is 0. The van der Waals surface area contributed by atoms with E-state index in [9.17, 15) is 13.0 Å². The van der Waals surface area contributed by atoms with E-state index >= 15 is 0 Å². The maximum atomic E-state index is 10.4. The van der Waals surface area contributed by atoms with Gasteiger partial charge in [0.25, 0.3) is 10.4 Å². The molecule has 5 nitrogen and oxygen atoms in total. The smallest absolute Gasteiger partial charge is 0.716 e. The first kappa shape index (κ1) is 17.0. The first-order valence-corrected chi connectivity index (χ1v) is 8.11. The Labute approximate surface area is 141 Å². The largest absolute Gasteiger partial charge is 1.00 e. The van der Waals surface area contributed by atoms with Gasteiger partial charge in [-0.3, -0.25) is 0 Å². The molecule has 0 radical (unpaired) electrons. The standard InChI is InChI=1S/C10H9NO4S3.Na/c1-16-10-11-6-9(17-10)7-2-4-8(5-3-7)15-18(12,13)14;/h2-6H,1H3,(H,12,13,14);/q;+1/p-1. The van der Waals surface area contributed by atoms with Crippen LogP contribution in [0.5, 0.6) is 5.75 Å². The summed E-state index contributed by atoms with van der Waals surface area (Å²) in [5.74, 6) is 0.00311. The van der Waals surface area contributed by atoms with Crippen molar-refractivity contribution in [2.75, 3.05) is 6.26 Å². The van der Waals surface area contributed by atoms with Gasteiger partial charge in [0.15, 0.2) is 0 Å². The van der Waals surface area contributed by atoms with Crippen LogP contribution >= 0.6 is 23.1 Å². The van der Waals surface area contributed by atoms with Gasteiger partial charge >= 0.3 is 29.6 Å². The van der Waals surface area contributed by atoms with E-state index in [2.05, 4.69) is 9.17 Å². The second kappa shape index (κ2) is 7.07. The maximum Gasteiger partial charge on any atom is 1.00 e. The molecule has 1 aromatic heterocycles. The van der Waals surface area contributed by atoms with Gasteiger partial charge in [0, 0.05) is 6.20 Å². The van der Waals surface area contributed by atoms with E-state index in [1.165, 1.54) is 23.5 Å². The van der Waals surface area contributed by atoms with Gasteiger partial charge in [0.2, 0.25) is 0 Å².